The Morgan fingerprint density at radius 1 is 0.673 bits per heavy atom. The van der Waals surface area contributed by atoms with E-state index in [0.29, 0.717) is 27.3 Å². The van der Waals surface area contributed by atoms with Gasteiger partial charge in [0.1, 0.15) is 10.9 Å². The molecule has 3 amide bonds. The van der Waals surface area contributed by atoms with Gasteiger partial charge in [-0.3, -0.25) is 14.4 Å². The zero-order chi connectivity index (χ0) is 34.9. The van der Waals surface area contributed by atoms with E-state index in [1.807, 2.05) is 6.07 Å². The minimum Gasteiger partial charge on any atom is -0.478 e. The average Bonchev–Trinajstić information content (AvgIpc) is 3.10. The Balaban J connectivity index is 1.41. The number of carboxylic acid groups (broad SMARTS) is 1. The molecular formula is C37H26Cl3N3O5S. The van der Waals surface area contributed by atoms with Crippen molar-refractivity contribution < 1.29 is 24.3 Å². The number of benzene rings is 5. The number of rotatable bonds is 11. The number of amides is 3. The van der Waals surface area contributed by atoms with Crippen LogP contribution in [0.5, 0.6) is 0 Å². The van der Waals surface area contributed by atoms with Crippen LogP contribution in [0.4, 0.5) is 11.4 Å². The van der Waals surface area contributed by atoms with Gasteiger partial charge >= 0.3 is 5.97 Å². The number of thioether (sulfide) groups is 1. The molecule has 1 atom stereocenters. The van der Waals surface area contributed by atoms with Crippen LogP contribution in [0, 0.1) is 0 Å². The SMILES string of the molecule is O=C(Nc1cccc(SC(C(=O)Nc2cc(C(=O)O)ccc2Cl)c2ccccc2)c1)/C(=C\c1c(Cl)cccc1Cl)NC(=O)c1ccccc1. The summed E-state index contributed by atoms with van der Waals surface area (Å²) in [6.45, 7) is 0. The summed E-state index contributed by atoms with van der Waals surface area (Å²) in [6.07, 6.45) is 1.40. The average molecular weight is 731 g/mol. The predicted octanol–water partition coefficient (Wildman–Crippen LogP) is 9.23. The summed E-state index contributed by atoms with van der Waals surface area (Å²) in [5.74, 6) is -2.76. The molecule has 5 aromatic carbocycles. The van der Waals surface area contributed by atoms with E-state index in [1.54, 1.807) is 97.1 Å². The lowest BCUT2D eigenvalue weighted by atomic mass is 10.1. The van der Waals surface area contributed by atoms with E-state index >= 15 is 0 Å². The molecule has 4 N–H and O–H groups in total. The molecule has 0 spiro atoms. The number of hydrogen-bond donors (Lipinski definition) is 4. The van der Waals surface area contributed by atoms with Crippen molar-refractivity contribution in [3.8, 4) is 0 Å². The van der Waals surface area contributed by atoms with Crippen LogP contribution < -0.4 is 16.0 Å². The van der Waals surface area contributed by atoms with E-state index in [2.05, 4.69) is 16.0 Å². The maximum absolute atomic E-state index is 13.7. The summed E-state index contributed by atoms with van der Waals surface area (Å²) >= 11 is 20.2. The largest absolute Gasteiger partial charge is 0.478 e. The minimum absolute atomic E-state index is 0.0303. The molecule has 12 heteroatoms. The number of anilines is 2. The zero-order valence-corrected chi connectivity index (χ0v) is 28.4. The molecule has 246 valence electrons. The van der Waals surface area contributed by atoms with Crippen molar-refractivity contribution in [3.05, 3.63) is 164 Å². The Morgan fingerprint density at radius 2 is 1.33 bits per heavy atom. The van der Waals surface area contributed by atoms with Crippen molar-refractivity contribution in [1.29, 1.82) is 0 Å². The third kappa shape index (κ3) is 9.31. The molecule has 0 aliphatic carbocycles. The van der Waals surface area contributed by atoms with Gasteiger partial charge in [0.05, 0.1) is 16.3 Å². The smallest absolute Gasteiger partial charge is 0.335 e. The van der Waals surface area contributed by atoms with Crippen molar-refractivity contribution in [2.24, 2.45) is 0 Å². The van der Waals surface area contributed by atoms with Crippen molar-refractivity contribution in [1.82, 2.24) is 5.32 Å². The van der Waals surface area contributed by atoms with E-state index in [-0.39, 0.29) is 32.0 Å². The molecule has 0 aliphatic heterocycles. The zero-order valence-electron chi connectivity index (χ0n) is 25.3. The van der Waals surface area contributed by atoms with Gasteiger partial charge in [0.2, 0.25) is 5.91 Å². The van der Waals surface area contributed by atoms with Crippen LogP contribution >= 0.6 is 46.6 Å². The van der Waals surface area contributed by atoms with Gasteiger partial charge in [0.15, 0.2) is 0 Å². The monoisotopic (exact) mass is 729 g/mol. The van der Waals surface area contributed by atoms with Gasteiger partial charge in [-0.25, -0.2) is 4.79 Å². The van der Waals surface area contributed by atoms with Gasteiger partial charge in [-0.05, 0) is 72.3 Å². The summed E-state index contributed by atoms with van der Waals surface area (Å²) in [7, 11) is 0. The van der Waals surface area contributed by atoms with Crippen LogP contribution in [0.1, 0.15) is 37.1 Å². The van der Waals surface area contributed by atoms with Crippen LogP contribution in [-0.4, -0.2) is 28.8 Å². The van der Waals surface area contributed by atoms with Crippen molar-refractivity contribution in [3.63, 3.8) is 0 Å². The fourth-order valence-electron chi connectivity index (χ4n) is 4.57. The van der Waals surface area contributed by atoms with Gasteiger partial charge in [-0.15, -0.1) is 11.8 Å². The molecule has 0 bridgehead atoms. The van der Waals surface area contributed by atoms with E-state index in [0.717, 1.165) is 0 Å². The quantitative estimate of drug-likeness (QED) is 0.0794. The van der Waals surface area contributed by atoms with Gasteiger partial charge in [0.25, 0.3) is 11.8 Å². The highest BCUT2D eigenvalue weighted by atomic mass is 35.5. The van der Waals surface area contributed by atoms with Crippen LogP contribution in [-0.2, 0) is 9.59 Å². The molecule has 1 unspecified atom stereocenters. The maximum atomic E-state index is 13.7. The van der Waals surface area contributed by atoms with Gasteiger partial charge in [0, 0.05) is 31.8 Å². The van der Waals surface area contributed by atoms with Crippen LogP contribution in [0.2, 0.25) is 15.1 Å². The first-order valence-electron chi connectivity index (χ1n) is 14.6. The summed E-state index contributed by atoms with van der Waals surface area (Å²) < 4.78 is 0. The van der Waals surface area contributed by atoms with Crippen molar-refractivity contribution in [2.75, 3.05) is 10.6 Å². The molecule has 0 aromatic heterocycles. The maximum Gasteiger partial charge on any atom is 0.335 e. The van der Waals surface area contributed by atoms with E-state index < -0.39 is 28.9 Å². The molecule has 0 fully saturated rings. The first-order valence-corrected chi connectivity index (χ1v) is 16.6. The molecule has 8 nitrogen and oxygen atoms in total. The summed E-state index contributed by atoms with van der Waals surface area (Å²) in [5, 5.41) is 17.6. The van der Waals surface area contributed by atoms with E-state index in [9.17, 15) is 24.3 Å². The number of aromatic carboxylic acids is 1. The van der Waals surface area contributed by atoms with Gasteiger partial charge < -0.3 is 21.1 Å². The highest BCUT2D eigenvalue weighted by Gasteiger charge is 2.24. The van der Waals surface area contributed by atoms with Crippen LogP contribution in [0.15, 0.2) is 132 Å². The molecule has 5 rings (SSSR count). The molecule has 0 aliphatic rings. The summed E-state index contributed by atoms with van der Waals surface area (Å²) in [5.41, 5.74) is 1.76. The number of carbonyl (C=O) groups excluding carboxylic acids is 3. The van der Waals surface area contributed by atoms with Gasteiger partial charge in [-0.1, -0.05) is 95.5 Å². The van der Waals surface area contributed by atoms with Crippen LogP contribution in [0.3, 0.4) is 0 Å². The predicted molar refractivity (Wildman–Crippen MR) is 195 cm³/mol. The normalized spacial score (nSPS) is 11.7. The second-order valence-corrected chi connectivity index (χ2v) is 12.8. The Morgan fingerprint density at radius 3 is 2.00 bits per heavy atom. The van der Waals surface area contributed by atoms with Gasteiger partial charge in [-0.2, -0.15) is 0 Å². The fourth-order valence-corrected chi connectivity index (χ4v) is 6.32. The molecular weight excluding hydrogens is 705 g/mol. The highest BCUT2D eigenvalue weighted by molar-refractivity contribution is 8.00. The number of halogens is 3. The number of carbonyl (C=O) groups is 4. The Kier molecular flexibility index (Phi) is 11.8. The lowest BCUT2D eigenvalue weighted by molar-refractivity contribution is -0.116. The lowest BCUT2D eigenvalue weighted by Gasteiger charge is -2.18. The third-order valence-corrected chi connectivity index (χ3v) is 9.21. The standard InChI is InChI=1S/C37H26Cl3N3O5S/c38-28-15-8-16-29(39)27(28)21-32(43-34(44)23-11-5-2-6-12-23)35(45)41-25-13-7-14-26(20-25)49-33(22-9-3-1-4-10-22)36(46)42-31-19-24(37(47)48)17-18-30(31)40/h1-21,33H,(H,41,45)(H,42,46)(H,43,44)(H,47,48)/b32-21+. The molecule has 0 radical (unpaired) electrons. The van der Waals surface area contributed by atoms with Crippen LogP contribution in [0.25, 0.3) is 6.08 Å². The first-order chi connectivity index (χ1) is 23.6. The Labute approximate surface area is 301 Å². The van der Waals surface area contributed by atoms with Crippen molar-refractivity contribution in [2.45, 2.75) is 10.1 Å². The van der Waals surface area contributed by atoms with Crippen molar-refractivity contribution >= 4 is 87.7 Å². The Hall–Kier alpha value is -5.06. The molecule has 0 saturated heterocycles. The lowest BCUT2D eigenvalue weighted by Crippen LogP contribution is -2.30. The fraction of sp³-hybridized carbons (Fsp3) is 0.0270. The topological polar surface area (TPSA) is 125 Å². The first kappa shape index (κ1) is 35.3. The molecule has 0 heterocycles. The molecule has 0 saturated carbocycles. The summed E-state index contributed by atoms with van der Waals surface area (Å²) in [6, 6.07) is 33.2. The number of hydrogen-bond acceptors (Lipinski definition) is 5. The second kappa shape index (κ2) is 16.4. The van der Waals surface area contributed by atoms with E-state index in [1.165, 1.54) is 36.0 Å². The summed E-state index contributed by atoms with van der Waals surface area (Å²) in [4.78, 5) is 52.6. The number of carboxylic acids is 1. The Bertz CT molecular complexity index is 2040. The van der Waals surface area contributed by atoms with E-state index in [4.69, 9.17) is 34.8 Å². The third-order valence-electron chi connectivity index (χ3n) is 6.97. The number of nitrogens with one attached hydrogen (secondary N) is 3. The minimum atomic E-state index is -1.16. The highest BCUT2D eigenvalue weighted by Crippen LogP contribution is 2.38. The second-order valence-electron chi connectivity index (χ2n) is 10.4. The molecule has 49 heavy (non-hydrogen) atoms. The molecule has 5 aromatic rings.